The van der Waals surface area contributed by atoms with Gasteiger partial charge in [0.05, 0.1) is 11.1 Å². The van der Waals surface area contributed by atoms with Crippen molar-refractivity contribution in [2.75, 3.05) is 0 Å². The minimum atomic E-state index is -0.868. The summed E-state index contributed by atoms with van der Waals surface area (Å²) in [6.07, 6.45) is 2.11. The number of benzene rings is 2. The van der Waals surface area contributed by atoms with Gasteiger partial charge in [0, 0.05) is 16.8 Å². The smallest absolute Gasteiger partial charge is 0.224 e. The summed E-state index contributed by atoms with van der Waals surface area (Å²) in [7, 11) is 0. The van der Waals surface area contributed by atoms with Crippen LogP contribution in [0, 0.1) is 5.92 Å². The predicted octanol–water partition coefficient (Wildman–Crippen LogP) is 5.14. The number of piperidine rings is 1. The van der Waals surface area contributed by atoms with Crippen molar-refractivity contribution in [2.45, 2.75) is 57.1 Å². The van der Waals surface area contributed by atoms with Crippen molar-refractivity contribution >= 4 is 21.8 Å². The third-order valence-corrected chi connectivity index (χ3v) is 6.17. The van der Waals surface area contributed by atoms with E-state index in [4.69, 9.17) is 0 Å². The number of carbonyl (C=O) groups is 1. The van der Waals surface area contributed by atoms with Gasteiger partial charge in [-0.15, -0.1) is 0 Å². The molecular formula is C23H28BrNO2. The van der Waals surface area contributed by atoms with E-state index in [2.05, 4.69) is 40.3 Å². The van der Waals surface area contributed by atoms with Crippen molar-refractivity contribution < 1.29 is 9.90 Å². The van der Waals surface area contributed by atoms with E-state index in [1.807, 2.05) is 42.5 Å². The molecular weight excluding hydrogens is 402 g/mol. The molecule has 1 heterocycles. The van der Waals surface area contributed by atoms with Crippen LogP contribution in [-0.4, -0.2) is 16.6 Å². The van der Waals surface area contributed by atoms with Crippen LogP contribution in [0.4, 0.5) is 0 Å². The van der Waals surface area contributed by atoms with Crippen molar-refractivity contribution in [1.82, 2.24) is 5.32 Å². The van der Waals surface area contributed by atoms with Gasteiger partial charge in [-0.3, -0.25) is 4.79 Å². The molecule has 1 amide bonds. The van der Waals surface area contributed by atoms with Crippen molar-refractivity contribution in [3.8, 4) is 0 Å². The van der Waals surface area contributed by atoms with E-state index in [1.54, 1.807) is 13.8 Å². The maximum absolute atomic E-state index is 13.1. The number of amides is 1. The molecule has 0 spiro atoms. The Kier molecular flexibility index (Phi) is 5.78. The summed E-state index contributed by atoms with van der Waals surface area (Å²) < 4.78 is 1.04. The van der Waals surface area contributed by atoms with E-state index in [0.29, 0.717) is 6.42 Å². The molecule has 1 saturated heterocycles. The highest BCUT2D eigenvalue weighted by Gasteiger charge is 2.44. The molecule has 0 unspecified atom stereocenters. The number of rotatable bonds is 5. The number of halogens is 1. The van der Waals surface area contributed by atoms with Crippen LogP contribution < -0.4 is 5.32 Å². The fraction of sp³-hybridized carbons (Fsp3) is 0.435. The lowest BCUT2D eigenvalue weighted by Gasteiger charge is -2.45. The van der Waals surface area contributed by atoms with Gasteiger partial charge in [-0.1, -0.05) is 65.3 Å². The van der Waals surface area contributed by atoms with E-state index in [-0.39, 0.29) is 17.7 Å². The summed E-state index contributed by atoms with van der Waals surface area (Å²) in [5, 5.41) is 13.8. The second kappa shape index (κ2) is 7.76. The van der Waals surface area contributed by atoms with Crippen LogP contribution >= 0.6 is 15.9 Å². The fourth-order valence-electron chi connectivity index (χ4n) is 4.35. The Hall–Kier alpha value is -1.65. The number of hydrogen-bond donors (Lipinski definition) is 2. The summed E-state index contributed by atoms with van der Waals surface area (Å²) in [6.45, 7) is 5.74. The molecule has 4 heteroatoms. The Bertz CT molecular complexity index is 782. The Morgan fingerprint density at radius 1 is 1.19 bits per heavy atom. The molecule has 2 aromatic carbocycles. The first kappa shape index (κ1) is 20.1. The van der Waals surface area contributed by atoms with Crippen molar-refractivity contribution in [3.63, 3.8) is 0 Å². The van der Waals surface area contributed by atoms with Crippen molar-refractivity contribution in [2.24, 2.45) is 5.92 Å². The summed E-state index contributed by atoms with van der Waals surface area (Å²) in [5.74, 6) is 0.156. The standard InChI is InChI=1S/C23H28BrNO2/c1-16(17-9-11-19(24)12-10-17)20-13-14-23(25-21(20)26,15-22(2,3)27)18-7-5-4-6-8-18/h4-12,16,20,27H,13-15H2,1-3H3,(H,25,26)/t16-,20+,23+/m1/s1. The van der Waals surface area contributed by atoms with Crippen LogP contribution in [-0.2, 0) is 10.3 Å². The molecule has 3 rings (SSSR count). The van der Waals surface area contributed by atoms with Gasteiger partial charge in [0.1, 0.15) is 0 Å². The van der Waals surface area contributed by atoms with Gasteiger partial charge in [0.15, 0.2) is 0 Å². The molecule has 27 heavy (non-hydrogen) atoms. The monoisotopic (exact) mass is 429 g/mol. The molecule has 2 aromatic rings. The number of hydrogen-bond acceptors (Lipinski definition) is 2. The molecule has 0 saturated carbocycles. The van der Waals surface area contributed by atoms with E-state index >= 15 is 0 Å². The Morgan fingerprint density at radius 3 is 2.37 bits per heavy atom. The van der Waals surface area contributed by atoms with Gasteiger partial charge in [-0.2, -0.15) is 0 Å². The van der Waals surface area contributed by atoms with Crippen LogP contribution in [0.1, 0.15) is 57.1 Å². The lowest BCUT2D eigenvalue weighted by atomic mass is 9.70. The molecule has 3 nitrogen and oxygen atoms in total. The van der Waals surface area contributed by atoms with Gasteiger partial charge in [-0.05, 0) is 55.9 Å². The minimum Gasteiger partial charge on any atom is -0.390 e. The highest BCUT2D eigenvalue weighted by atomic mass is 79.9. The summed E-state index contributed by atoms with van der Waals surface area (Å²) >= 11 is 3.47. The van der Waals surface area contributed by atoms with E-state index in [0.717, 1.165) is 22.9 Å². The van der Waals surface area contributed by atoms with Crippen LogP contribution in [0.2, 0.25) is 0 Å². The van der Waals surface area contributed by atoms with Crippen molar-refractivity contribution in [1.29, 1.82) is 0 Å². The van der Waals surface area contributed by atoms with Crippen molar-refractivity contribution in [3.05, 3.63) is 70.2 Å². The van der Waals surface area contributed by atoms with Crippen LogP contribution in [0.15, 0.2) is 59.1 Å². The van der Waals surface area contributed by atoms with E-state index in [1.165, 1.54) is 5.56 Å². The molecule has 3 atom stereocenters. The van der Waals surface area contributed by atoms with E-state index in [9.17, 15) is 9.90 Å². The summed E-state index contributed by atoms with van der Waals surface area (Å²) in [4.78, 5) is 13.1. The maximum Gasteiger partial charge on any atom is 0.224 e. The molecule has 0 aliphatic carbocycles. The first-order valence-corrected chi connectivity index (χ1v) is 10.3. The first-order chi connectivity index (χ1) is 12.7. The molecule has 1 fully saturated rings. The average Bonchev–Trinajstić information content (AvgIpc) is 2.61. The lowest BCUT2D eigenvalue weighted by Crippen LogP contribution is -2.55. The number of aliphatic hydroxyl groups is 1. The minimum absolute atomic E-state index is 0.0650. The summed E-state index contributed by atoms with van der Waals surface area (Å²) in [6, 6.07) is 18.3. The van der Waals surface area contributed by atoms with Crippen LogP contribution in [0.25, 0.3) is 0 Å². The zero-order chi connectivity index (χ0) is 19.7. The average molecular weight is 430 g/mol. The number of carbonyl (C=O) groups excluding carboxylic acids is 1. The largest absolute Gasteiger partial charge is 0.390 e. The number of nitrogens with one attached hydrogen (secondary N) is 1. The van der Waals surface area contributed by atoms with Gasteiger partial charge in [-0.25, -0.2) is 0 Å². The molecule has 144 valence electrons. The fourth-order valence-corrected chi connectivity index (χ4v) is 4.61. The molecule has 0 bridgehead atoms. The zero-order valence-corrected chi connectivity index (χ0v) is 17.8. The second-order valence-electron chi connectivity index (χ2n) is 8.41. The normalized spacial score (nSPS) is 24.3. The Morgan fingerprint density at radius 2 is 1.81 bits per heavy atom. The third kappa shape index (κ3) is 4.61. The van der Waals surface area contributed by atoms with Gasteiger partial charge >= 0.3 is 0 Å². The topological polar surface area (TPSA) is 49.3 Å². The Balaban J connectivity index is 1.85. The molecule has 2 N–H and O–H groups in total. The second-order valence-corrected chi connectivity index (χ2v) is 9.33. The van der Waals surface area contributed by atoms with E-state index < -0.39 is 11.1 Å². The quantitative estimate of drug-likeness (QED) is 0.691. The molecule has 1 aliphatic rings. The highest BCUT2D eigenvalue weighted by molar-refractivity contribution is 9.10. The molecule has 0 radical (unpaired) electrons. The SMILES string of the molecule is C[C@H](c1ccc(Br)cc1)[C@@H]1CC[C@](CC(C)(C)O)(c2ccccc2)NC1=O. The predicted molar refractivity (Wildman–Crippen MR) is 112 cm³/mol. The van der Waals surface area contributed by atoms with Gasteiger partial charge < -0.3 is 10.4 Å². The third-order valence-electron chi connectivity index (χ3n) is 5.64. The Labute approximate surface area is 170 Å². The zero-order valence-electron chi connectivity index (χ0n) is 16.2. The van der Waals surface area contributed by atoms with Crippen LogP contribution in [0.5, 0.6) is 0 Å². The first-order valence-electron chi connectivity index (χ1n) is 9.56. The lowest BCUT2D eigenvalue weighted by molar-refractivity contribution is -0.132. The highest BCUT2D eigenvalue weighted by Crippen LogP contribution is 2.42. The summed E-state index contributed by atoms with van der Waals surface area (Å²) in [5.41, 5.74) is 0.850. The molecule has 0 aromatic heterocycles. The van der Waals surface area contributed by atoms with Gasteiger partial charge in [0.2, 0.25) is 5.91 Å². The van der Waals surface area contributed by atoms with Crippen LogP contribution in [0.3, 0.4) is 0 Å². The maximum atomic E-state index is 13.1. The molecule has 1 aliphatic heterocycles. The van der Waals surface area contributed by atoms with Gasteiger partial charge in [0.25, 0.3) is 0 Å².